The van der Waals surface area contributed by atoms with Crippen molar-refractivity contribution in [2.75, 3.05) is 0 Å². The largest absolute Gasteiger partial charge is 0.484 e. The Morgan fingerprint density at radius 1 is 1.22 bits per heavy atom. The minimum atomic E-state index is -0.707. The minimum absolute atomic E-state index is 0.0251. The van der Waals surface area contributed by atoms with Gasteiger partial charge in [-0.15, -0.1) is 0 Å². The second-order valence-electron chi connectivity index (χ2n) is 5.21. The lowest BCUT2D eigenvalue weighted by atomic mass is 9.81. The molecule has 0 fully saturated rings. The average Bonchev–Trinajstić information content (AvgIpc) is 2.62. The van der Waals surface area contributed by atoms with Crippen molar-refractivity contribution in [3.63, 3.8) is 0 Å². The molecule has 0 saturated carbocycles. The predicted octanol–water partition coefficient (Wildman–Crippen LogP) is 3.83. The van der Waals surface area contributed by atoms with Crippen LogP contribution in [0.1, 0.15) is 60.8 Å². The van der Waals surface area contributed by atoms with E-state index in [1.54, 1.807) is 0 Å². The van der Waals surface area contributed by atoms with Gasteiger partial charge < -0.3 is 9.47 Å². The van der Waals surface area contributed by atoms with Crippen LogP contribution in [0.5, 0.6) is 0 Å². The van der Waals surface area contributed by atoms with Gasteiger partial charge in [0.15, 0.2) is 5.60 Å². The summed E-state index contributed by atoms with van der Waals surface area (Å²) >= 11 is 0. The molecule has 0 bridgehead atoms. The molecule has 0 radical (unpaired) electrons. The molecular formula is C15H26O3. The van der Waals surface area contributed by atoms with Crippen LogP contribution in [-0.2, 0) is 14.3 Å². The van der Waals surface area contributed by atoms with Gasteiger partial charge in [-0.2, -0.15) is 0 Å². The third-order valence-corrected chi connectivity index (χ3v) is 4.07. The normalized spacial score (nSPS) is 27.1. The molecule has 1 heterocycles. The van der Waals surface area contributed by atoms with Crippen molar-refractivity contribution < 1.29 is 14.3 Å². The molecule has 1 aliphatic rings. The lowest BCUT2D eigenvalue weighted by Crippen LogP contribution is -2.43. The lowest BCUT2D eigenvalue weighted by molar-refractivity contribution is -0.139. The molecule has 0 aromatic heterocycles. The molecule has 0 aromatic carbocycles. The van der Waals surface area contributed by atoms with Gasteiger partial charge in [-0.25, -0.2) is 0 Å². The van der Waals surface area contributed by atoms with Crippen LogP contribution < -0.4 is 0 Å². The van der Waals surface area contributed by atoms with E-state index in [2.05, 4.69) is 13.8 Å². The summed E-state index contributed by atoms with van der Waals surface area (Å²) in [5, 5.41) is 0. The molecule has 1 rings (SSSR count). The first kappa shape index (κ1) is 15.1. The average molecular weight is 254 g/mol. The summed E-state index contributed by atoms with van der Waals surface area (Å²) in [6.45, 7) is 12.0. The molecule has 1 aliphatic heterocycles. The fourth-order valence-electron chi connectivity index (χ4n) is 2.37. The summed E-state index contributed by atoms with van der Waals surface area (Å²) in [6.07, 6.45) is 2.54. The number of allylic oxidation sites excluding steroid dienone is 1. The summed E-state index contributed by atoms with van der Waals surface area (Å²) in [4.78, 5) is 12.6. The van der Waals surface area contributed by atoms with Gasteiger partial charge >= 0.3 is 0 Å². The van der Waals surface area contributed by atoms with E-state index in [1.807, 2.05) is 27.7 Å². The summed E-state index contributed by atoms with van der Waals surface area (Å²) in [7, 11) is 0. The zero-order valence-corrected chi connectivity index (χ0v) is 12.5. The summed E-state index contributed by atoms with van der Waals surface area (Å²) in [6, 6.07) is 0. The molecule has 18 heavy (non-hydrogen) atoms. The van der Waals surface area contributed by atoms with Gasteiger partial charge in [-0.3, -0.25) is 4.79 Å². The Bertz CT molecular complexity index is 346. The fraction of sp³-hybridized carbons (Fsp3) is 0.800. The van der Waals surface area contributed by atoms with Gasteiger partial charge in [0.05, 0.1) is 6.10 Å². The van der Waals surface area contributed by atoms with Crippen molar-refractivity contribution in [2.45, 2.75) is 72.5 Å². The molecule has 3 atom stereocenters. The maximum atomic E-state index is 12.6. The number of carbonyl (C=O) groups is 1. The molecule has 3 nitrogen and oxygen atoms in total. The van der Waals surface area contributed by atoms with E-state index in [0.29, 0.717) is 17.9 Å². The van der Waals surface area contributed by atoms with Crippen LogP contribution in [0, 0.1) is 5.92 Å². The summed E-state index contributed by atoms with van der Waals surface area (Å²) in [5.74, 6) is 1.30. The van der Waals surface area contributed by atoms with Crippen molar-refractivity contribution in [1.29, 1.82) is 0 Å². The van der Waals surface area contributed by atoms with E-state index < -0.39 is 5.60 Å². The van der Waals surface area contributed by atoms with Crippen molar-refractivity contribution in [3.8, 4) is 0 Å². The molecular weight excluding hydrogens is 228 g/mol. The molecule has 3 unspecified atom stereocenters. The van der Waals surface area contributed by atoms with Gasteiger partial charge in [-0.1, -0.05) is 27.7 Å². The first-order valence-electron chi connectivity index (χ1n) is 7.04. The smallest absolute Gasteiger partial charge is 0.244 e. The number of ether oxygens (including phenoxy) is 2. The van der Waals surface area contributed by atoms with Crippen LogP contribution in [0.3, 0.4) is 0 Å². The van der Waals surface area contributed by atoms with Crippen LogP contribution >= 0.6 is 0 Å². The van der Waals surface area contributed by atoms with Gasteiger partial charge in [0.25, 0.3) is 0 Å². The number of carbonyl (C=O) groups excluding carboxylic acids is 1. The Labute approximate surface area is 111 Å². The molecule has 0 aromatic rings. The highest BCUT2D eigenvalue weighted by atomic mass is 16.6. The second kappa shape index (κ2) is 5.77. The second-order valence-corrected chi connectivity index (χ2v) is 5.21. The highest BCUT2D eigenvalue weighted by Crippen LogP contribution is 2.40. The number of Topliss-reactive ketones (excluding diaryl/α,β-unsaturated/α-hetero) is 1. The monoisotopic (exact) mass is 254 g/mol. The van der Waals surface area contributed by atoms with Crippen molar-refractivity contribution in [2.24, 2.45) is 5.92 Å². The highest BCUT2D eigenvalue weighted by molar-refractivity contribution is 6.02. The number of hydrogen-bond donors (Lipinski definition) is 0. The Hall–Kier alpha value is -0.990. The van der Waals surface area contributed by atoms with Gasteiger partial charge in [0, 0.05) is 5.92 Å². The summed E-state index contributed by atoms with van der Waals surface area (Å²) in [5.41, 5.74) is -0.707. The Morgan fingerprint density at radius 2 is 1.83 bits per heavy atom. The zero-order valence-electron chi connectivity index (χ0n) is 12.5. The van der Waals surface area contributed by atoms with E-state index in [0.717, 1.165) is 12.8 Å². The highest BCUT2D eigenvalue weighted by Gasteiger charge is 2.51. The minimum Gasteiger partial charge on any atom is -0.484 e. The first-order valence-corrected chi connectivity index (χ1v) is 7.04. The molecule has 0 saturated heterocycles. The third kappa shape index (κ3) is 2.40. The third-order valence-electron chi connectivity index (χ3n) is 4.07. The standard InChI is InChI=1S/C15H26O3/c1-7-10(4)15(9-3)14(16)13(12(6)18-15)17-11(5)8-2/h10-11H,7-9H2,1-6H3. The SMILES string of the molecule is CCC(C)OC1=C(C)OC(CC)(C(C)CC)C1=O. The van der Waals surface area contributed by atoms with Crippen LogP contribution in [-0.4, -0.2) is 17.5 Å². The van der Waals surface area contributed by atoms with Crippen molar-refractivity contribution >= 4 is 5.78 Å². The Kier molecular flexibility index (Phi) is 4.83. The van der Waals surface area contributed by atoms with E-state index in [9.17, 15) is 4.79 Å². The van der Waals surface area contributed by atoms with E-state index in [1.165, 1.54) is 0 Å². The van der Waals surface area contributed by atoms with Gasteiger partial charge in [-0.05, 0) is 33.1 Å². The first-order chi connectivity index (χ1) is 8.42. The number of hydrogen-bond acceptors (Lipinski definition) is 3. The van der Waals surface area contributed by atoms with Crippen LogP contribution in [0.15, 0.2) is 11.5 Å². The van der Waals surface area contributed by atoms with Gasteiger partial charge in [0.1, 0.15) is 5.76 Å². The Balaban J connectivity index is 2.97. The molecule has 0 aliphatic carbocycles. The van der Waals surface area contributed by atoms with Crippen molar-refractivity contribution in [3.05, 3.63) is 11.5 Å². The quantitative estimate of drug-likeness (QED) is 0.722. The fourth-order valence-corrected chi connectivity index (χ4v) is 2.37. The van der Waals surface area contributed by atoms with E-state index in [4.69, 9.17) is 9.47 Å². The van der Waals surface area contributed by atoms with Crippen molar-refractivity contribution in [1.82, 2.24) is 0 Å². The van der Waals surface area contributed by atoms with Gasteiger partial charge in [0.2, 0.25) is 11.5 Å². The molecule has 0 amide bonds. The molecule has 0 spiro atoms. The zero-order chi connectivity index (χ0) is 13.9. The Morgan fingerprint density at radius 3 is 2.28 bits per heavy atom. The maximum absolute atomic E-state index is 12.6. The van der Waals surface area contributed by atoms with E-state index in [-0.39, 0.29) is 17.8 Å². The lowest BCUT2D eigenvalue weighted by Gasteiger charge is -2.32. The van der Waals surface area contributed by atoms with E-state index >= 15 is 0 Å². The topological polar surface area (TPSA) is 35.5 Å². The predicted molar refractivity (Wildman–Crippen MR) is 72.1 cm³/mol. The van der Waals surface area contributed by atoms with Crippen LogP contribution in [0.4, 0.5) is 0 Å². The van der Waals surface area contributed by atoms with Crippen LogP contribution in [0.25, 0.3) is 0 Å². The maximum Gasteiger partial charge on any atom is 0.244 e. The van der Waals surface area contributed by atoms with Crippen LogP contribution in [0.2, 0.25) is 0 Å². The number of ketones is 1. The molecule has 3 heteroatoms. The summed E-state index contributed by atoms with van der Waals surface area (Å²) < 4.78 is 11.7. The number of rotatable bonds is 6. The molecule has 0 N–H and O–H groups in total. The molecule has 104 valence electrons.